The maximum atomic E-state index is 8.65. The number of benzene rings is 1. The van der Waals surface area contributed by atoms with E-state index < -0.39 is 0 Å². The summed E-state index contributed by atoms with van der Waals surface area (Å²) in [6, 6.07) is 8.49. The lowest BCUT2D eigenvalue weighted by molar-refractivity contribution is 0.279. The molecule has 0 aromatic heterocycles. The minimum absolute atomic E-state index is 0.0835. The van der Waals surface area contributed by atoms with Crippen molar-refractivity contribution in [3.63, 3.8) is 0 Å². The van der Waals surface area contributed by atoms with E-state index in [9.17, 15) is 0 Å². The van der Waals surface area contributed by atoms with Crippen LogP contribution in [-0.4, -0.2) is 29.0 Å². The van der Waals surface area contributed by atoms with Crippen LogP contribution in [0.2, 0.25) is 0 Å². The fourth-order valence-electron chi connectivity index (χ4n) is 1.74. The van der Waals surface area contributed by atoms with E-state index in [2.05, 4.69) is 43.3 Å². The summed E-state index contributed by atoms with van der Waals surface area (Å²) in [5.74, 6) is 0.782. The second kappa shape index (κ2) is 6.40. The minimum atomic E-state index is -0.0835. The third-order valence-corrected chi connectivity index (χ3v) is 3.28. The van der Waals surface area contributed by atoms with Crippen LogP contribution in [0, 0.1) is 0 Å². The fraction of sp³-hybridized carbons (Fsp3) is 0.500. The summed E-state index contributed by atoms with van der Waals surface area (Å²) in [7, 11) is 1.96. The Balaban J connectivity index is 2.67. The molecule has 0 fully saturated rings. The predicted molar refractivity (Wildman–Crippen MR) is 74.9 cm³/mol. The van der Waals surface area contributed by atoms with Crippen LogP contribution >= 0.6 is 0 Å². The van der Waals surface area contributed by atoms with Gasteiger partial charge in [-0.05, 0) is 31.0 Å². The minimum Gasteiger partial charge on any atom is -0.409 e. The van der Waals surface area contributed by atoms with Gasteiger partial charge in [0.15, 0.2) is 5.84 Å². The van der Waals surface area contributed by atoms with Gasteiger partial charge in [0.2, 0.25) is 0 Å². The summed E-state index contributed by atoms with van der Waals surface area (Å²) in [6.07, 6.45) is 0. The van der Waals surface area contributed by atoms with Gasteiger partial charge in [0.1, 0.15) is 0 Å². The zero-order valence-electron chi connectivity index (χ0n) is 11.6. The molecule has 0 aliphatic heterocycles. The molecule has 1 rings (SSSR count). The largest absolute Gasteiger partial charge is 0.409 e. The third-order valence-electron chi connectivity index (χ3n) is 3.28. The first-order chi connectivity index (χ1) is 8.45. The molecule has 1 atom stereocenters. The Hall–Kier alpha value is -1.55. The highest BCUT2D eigenvalue weighted by Gasteiger charge is 2.13. The molecule has 1 aromatic rings. The first kappa shape index (κ1) is 14.5. The summed E-state index contributed by atoms with van der Waals surface area (Å²) in [4.78, 5) is 2.04. The number of hydrogen-bond donors (Lipinski definition) is 2. The maximum absolute atomic E-state index is 8.65. The molecule has 0 aliphatic carbocycles. The predicted octanol–water partition coefficient (Wildman–Crippen LogP) is 2.38. The number of likely N-dealkylation sites (N-methyl/N-ethyl adjacent to an activating group) is 1. The molecule has 0 aliphatic rings. The maximum Gasteiger partial charge on any atom is 0.156 e. The van der Waals surface area contributed by atoms with Crippen LogP contribution in [0.5, 0.6) is 0 Å². The number of nitrogens with two attached hydrogens (primary N) is 1. The molecule has 0 radical (unpaired) electrons. The average molecular weight is 249 g/mol. The normalized spacial score (nSPS) is 14.2. The smallest absolute Gasteiger partial charge is 0.156 e. The highest BCUT2D eigenvalue weighted by molar-refractivity contribution is 5.84. The third kappa shape index (κ3) is 3.74. The van der Waals surface area contributed by atoms with Crippen molar-refractivity contribution in [2.75, 3.05) is 7.05 Å². The van der Waals surface area contributed by atoms with Crippen LogP contribution in [0.1, 0.15) is 37.8 Å². The van der Waals surface area contributed by atoms with E-state index in [4.69, 9.17) is 10.9 Å². The van der Waals surface area contributed by atoms with Crippen molar-refractivity contribution in [3.8, 4) is 0 Å². The lowest BCUT2D eigenvalue weighted by atomic mass is 10.0. The molecule has 0 heterocycles. The summed E-state index contributed by atoms with van der Waals surface area (Å²) < 4.78 is 0. The number of nitrogens with zero attached hydrogens (tertiary/aromatic N) is 2. The summed E-state index contributed by atoms with van der Waals surface area (Å²) >= 11 is 0. The van der Waals surface area contributed by atoms with Gasteiger partial charge < -0.3 is 10.9 Å². The van der Waals surface area contributed by atoms with Crippen molar-refractivity contribution in [3.05, 3.63) is 35.4 Å². The van der Waals surface area contributed by atoms with Crippen LogP contribution < -0.4 is 5.73 Å². The van der Waals surface area contributed by atoms with E-state index >= 15 is 0 Å². The van der Waals surface area contributed by atoms with Gasteiger partial charge in [0.25, 0.3) is 0 Å². The number of hydrogen-bond acceptors (Lipinski definition) is 3. The van der Waals surface area contributed by atoms with Crippen molar-refractivity contribution in [1.29, 1.82) is 0 Å². The van der Waals surface area contributed by atoms with E-state index in [1.165, 1.54) is 11.1 Å². The lowest BCUT2D eigenvalue weighted by Crippen LogP contribution is -2.40. The molecule has 3 N–H and O–H groups in total. The molecular formula is C14H23N3O. The topological polar surface area (TPSA) is 61.8 Å². The Kier molecular flexibility index (Phi) is 5.16. The van der Waals surface area contributed by atoms with Crippen molar-refractivity contribution in [2.24, 2.45) is 10.9 Å². The van der Waals surface area contributed by atoms with E-state index in [1.807, 2.05) is 18.9 Å². The molecular weight excluding hydrogens is 226 g/mol. The monoisotopic (exact) mass is 249 g/mol. The van der Waals surface area contributed by atoms with Crippen LogP contribution in [0.25, 0.3) is 0 Å². The SMILES string of the molecule is CC(C)c1ccc(CN(C)C(C)C(N)=NO)cc1. The molecule has 0 saturated carbocycles. The van der Waals surface area contributed by atoms with Gasteiger partial charge in [-0.25, -0.2) is 0 Å². The van der Waals surface area contributed by atoms with Crippen LogP contribution in [0.3, 0.4) is 0 Å². The van der Waals surface area contributed by atoms with E-state index in [0.29, 0.717) is 5.92 Å². The zero-order valence-corrected chi connectivity index (χ0v) is 11.6. The number of rotatable bonds is 5. The van der Waals surface area contributed by atoms with Gasteiger partial charge >= 0.3 is 0 Å². The highest BCUT2D eigenvalue weighted by Crippen LogP contribution is 2.15. The number of amidine groups is 1. The van der Waals surface area contributed by atoms with Crippen LogP contribution in [-0.2, 0) is 6.54 Å². The average Bonchev–Trinajstić information content (AvgIpc) is 2.37. The van der Waals surface area contributed by atoms with Crippen molar-refractivity contribution >= 4 is 5.84 Å². The van der Waals surface area contributed by atoms with Crippen molar-refractivity contribution < 1.29 is 5.21 Å². The summed E-state index contributed by atoms with van der Waals surface area (Å²) in [6.45, 7) is 7.05. The molecule has 18 heavy (non-hydrogen) atoms. The first-order valence-corrected chi connectivity index (χ1v) is 6.22. The molecule has 0 amide bonds. The fourth-order valence-corrected chi connectivity index (χ4v) is 1.74. The molecule has 4 heteroatoms. The van der Waals surface area contributed by atoms with Gasteiger partial charge in [0.05, 0.1) is 6.04 Å². The molecule has 100 valence electrons. The molecule has 0 bridgehead atoms. The van der Waals surface area contributed by atoms with Gasteiger partial charge in [-0.3, -0.25) is 4.90 Å². The molecule has 0 spiro atoms. The van der Waals surface area contributed by atoms with Gasteiger partial charge in [-0.15, -0.1) is 0 Å². The van der Waals surface area contributed by atoms with Gasteiger partial charge in [0, 0.05) is 6.54 Å². The van der Waals surface area contributed by atoms with Crippen LogP contribution in [0.4, 0.5) is 0 Å². The van der Waals surface area contributed by atoms with Crippen molar-refractivity contribution in [1.82, 2.24) is 4.90 Å². The van der Waals surface area contributed by atoms with E-state index in [1.54, 1.807) is 0 Å². The standard InChI is InChI=1S/C14H23N3O/c1-10(2)13-7-5-12(6-8-13)9-17(4)11(3)14(15)16-18/h5-8,10-11,18H,9H2,1-4H3,(H2,15,16). The van der Waals surface area contributed by atoms with Crippen LogP contribution in [0.15, 0.2) is 29.4 Å². The molecule has 1 unspecified atom stereocenters. The zero-order chi connectivity index (χ0) is 13.7. The summed E-state index contributed by atoms with van der Waals surface area (Å²) in [5, 5.41) is 11.7. The quantitative estimate of drug-likeness (QED) is 0.364. The molecule has 1 aromatic carbocycles. The Bertz CT molecular complexity index is 398. The Morgan fingerprint density at radius 1 is 1.28 bits per heavy atom. The Morgan fingerprint density at radius 3 is 2.28 bits per heavy atom. The van der Waals surface area contributed by atoms with E-state index in [-0.39, 0.29) is 11.9 Å². The second-order valence-corrected chi connectivity index (χ2v) is 5.01. The lowest BCUT2D eigenvalue weighted by Gasteiger charge is -2.23. The Morgan fingerprint density at radius 2 is 1.83 bits per heavy atom. The Labute approximate surface area is 109 Å². The van der Waals surface area contributed by atoms with E-state index in [0.717, 1.165) is 6.54 Å². The first-order valence-electron chi connectivity index (χ1n) is 6.22. The highest BCUT2D eigenvalue weighted by atomic mass is 16.4. The molecule has 4 nitrogen and oxygen atoms in total. The van der Waals surface area contributed by atoms with Crippen molar-refractivity contribution in [2.45, 2.75) is 39.3 Å². The van der Waals surface area contributed by atoms with Gasteiger partial charge in [-0.2, -0.15) is 0 Å². The van der Waals surface area contributed by atoms with Gasteiger partial charge in [-0.1, -0.05) is 43.3 Å². The second-order valence-electron chi connectivity index (χ2n) is 5.01. The number of oxime groups is 1. The molecule has 0 saturated heterocycles. The summed E-state index contributed by atoms with van der Waals surface area (Å²) in [5.41, 5.74) is 8.15.